The summed E-state index contributed by atoms with van der Waals surface area (Å²) in [6.07, 6.45) is 0.798. The third kappa shape index (κ3) is 3.43. The van der Waals surface area contributed by atoms with Crippen molar-refractivity contribution < 1.29 is 24.4 Å². The van der Waals surface area contributed by atoms with E-state index in [1.165, 1.54) is 13.2 Å². The number of methoxy groups -OCH3 is 1. The Kier molecular flexibility index (Phi) is 6.07. The average Bonchev–Trinajstić information content (AvgIpc) is 2.39. The van der Waals surface area contributed by atoms with Crippen molar-refractivity contribution in [2.24, 2.45) is 0 Å². The van der Waals surface area contributed by atoms with E-state index in [4.69, 9.17) is 19.2 Å². The molecule has 5 nitrogen and oxygen atoms in total. The van der Waals surface area contributed by atoms with Crippen LogP contribution < -0.4 is 0 Å². The lowest BCUT2D eigenvalue weighted by molar-refractivity contribution is -0.513. The number of para-hydroxylation sites is 1. The molecule has 0 aliphatic rings. The van der Waals surface area contributed by atoms with Gasteiger partial charge in [0.2, 0.25) is 0 Å². The summed E-state index contributed by atoms with van der Waals surface area (Å²) in [6, 6.07) is 6.65. The quantitative estimate of drug-likeness (QED) is 0.335. The summed E-state index contributed by atoms with van der Waals surface area (Å²) in [5.74, 6) is -1.53. The molecule has 0 amide bonds. The first kappa shape index (κ1) is 14.9. The van der Waals surface area contributed by atoms with Gasteiger partial charge in [-0.3, -0.25) is 0 Å². The van der Waals surface area contributed by atoms with Gasteiger partial charge in [-0.2, -0.15) is 4.89 Å². The van der Waals surface area contributed by atoms with Crippen LogP contribution in [0.5, 0.6) is 5.75 Å². The fourth-order valence-corrected chi connectivity index (χ4v) is 1.47. The lowest BCUT2D eigenvalue weighted by Gasteiger charge is -2.30. The second-order valence-corrected chi connectivity index (χ2v) is 3.62. The molecule has 0 bridgehead atoms. The zero-order valence-electron chi connectivity index (χ0n) is 11.0. The Bertz CT molecular complexity index is 355. The van der Waals surface area contributed by atoms with E-state index in [0.717, 1.165) is 6.42 Å². The summed E-state index contributed by atoms with van der Waals surface area (Å²) in [5.41, 5.74) is 0.366. The van der Waals surface area contributed by atoms with E-state index in [9.17, 15) is 5.11 Å². The molecule has 0 fully saturated rings. The molecule has 0 spiro atoms. The van der Waals surface area contributed by atoms with Gasteiger partial charge < -0.3 is 14.6 Å². The highest BCUT2D eigenvalue weighted by Gasteiger charge is 2.38. The molecule has 0 aliphatic carbocycles. The predicted octanol–water partition coefficient (Wildman–Crippen LogP) is 2.54. The first-order valence-corrected chi connectivity index (χ1v) is 5.98. The molecular weight excluding hydrogens is 236 g/mol. The van der Waals surface area contributed by atoms with Gasteiger partial charge in [0.05, 0.1) is 18.8 Å². The van der Waals surface area contributed by atoms with Gasteiger partial charge in [-0.15, -0.1) is 0 Å². The molecule has 1 atom stereocenters. The van der Waals surface area contributed by atoms with Crippen LogP contribution >= 0.6 is 0 Å². The zero-order chi connectivity index (χ0) is 13.4. The topological polar surface area (TPSA) is 57.2 Å². The normalized spacial score (nSPS) is 14.4. The molecule has 0 saturated heterocycles. The maximum atomic E-state index is 9.86. The van der Waals surface area contributed by atoms with Crippen molar-refractivity contribution in [2.45, 2.75) is 26.2 Å². The maximum absolute atomic E-state index is 9.86. The molecule has 0 aromatic heterocycles. The number of phenolic OH excluding ortho intramolecular Hbond substituents is 1. The Labute approximate surface area is 107 Å². The van der Waals surface area contributed by atoms with E-state index in [1.807, 2.05) is 6.92 Å². The van der Waals surface area contributed by atoms with Gasteiger partial charge in [-0.1, -0.05) is 19.1 Å². The van der Waals surface area contributed by atoms with Crippen molar-refractivity contribution in [3.63, 3.8) is 0 Å². The highest BCUT2D eigenvalue weighted by molar-refractivity contribution is 5.34. The Morgan fingerprint density at radius 3 is 2.50 bits per heavy atom. The largest absolute Gasteiger partial charge is 0.507 e. The van der Waals surface area contributed by atoms with Crippen LogP contribution in [0.1, 0.15) is 25.8 Å². The highest BCUT2D eigenvalue weighted by Crippen LogP contribution is 2.34. The molecule has 5 heteroatoms. The summed E-state index contributed by atoms with van der Waals surface area (Å²) in [6.45, 7) is 4.51. The van der Waals surface area contributed by atoms with E-state index in [2.05, 4.69) is 0 Å². The van der Waals surface area contributed by atoms with Crippen molar-refractivity contribution in [1.82, 2.24) is 0 Å². The minimum Gasteiger partial charge on any atom is -0.507 e. The molecule has 1 unspecified atom stereocenters. The molecule has 0 saturated carbocycles. The Hall–Kier alpha value is -1.14. The second-order valence-electron chi connectivity index (χ2n) is 3.62. The van der Waals surface area contributed by atoms with Gasteiger partial charge in [0.15, 0.2) is 0 Å². The van der Waals surface area contributed by atoms with Crippen LogP contribution in [0.2, 0.25) is 0 Å². The number of rotatable bonds is 8. The highest BCUT2D eigenvalue weighted by atomic mass is 17.3. The molecule has 102 valence electrons. The van der Waals surface area contributed by atoms with Gasteiger partial charge in [0.25, 0.3) is 0 Å². The lowest BCUT2D eigenvalue weighted by atomic mass is 10.1. The number of hydrogen-bond acceptors (Lipinski definition) is 5. The van der Waals surface area contributed by atoms with Crippen molar-refractivity contribution in [1.29, 1.82) is 0 Å². The number of ether oxygens (including phenoxy) is 2. The molecule has 0 heterocycles. The number of aromatic hydroxyl groups is 1. The third-order valence-electron chi connectivity index (χ3n) is 2.29. The zero-order valence-corrected chi connectivity index (χ0v) is 11.0. The molecule has 0 aliphatic heterocycles. The maximum Gasteiger partial charge on any atom is 0.343 e. The van der Waals surface area contributed by atoms with E-state index in [0.29, 0.717) is 18.8 Å². The van der Waals surface area contributed by atoms with Crippen LogP contribution in [0, 0.1) is 0 Å². The third-order valence-corrected chi connectivity index (χ3v) is 2.29. The molecular formula is C13H20O5. The Balaban J connectivity index is 2.98. The minimum absolute atomic E-state index is 0.0212. The van der Waals surface area contributed by atoms with Crippen LogP contribution in [0.25, 0.3) is 0 Å². The second kappa shape index (κ2) is 7.33. The summed E-state index contributed by atoms with van der Waals surface area (Å²) in [7, 11) is 1.43. The van der Waals surface area contributed by atoms with Crippen LogP contribution in [0.15, 0.2) is 24.3 Å². The van der Waals surface area contributed by atoms with Gasteiger partial charge in [-0.25, -0.2) is 4.89 Å². The van der Waals surface area contributed by atoms with Crippen molar-refractivity contribution in [3.05, 3.63) is 29.8 Å². The van der Waals surface area contributed by atoms with E-state index >= 15 is 0 Å². The SMILES string of the molecule is CCCOOC(OC)(OCC)c1ccccc1O. The van der Waals surface area contributed by atoms with Gasteiger partial charge in [0.1, 0.15) is 5.75 Å². The standard InChI is InChI=1S/C13H20O5/c1-4-10-17-18-13(15-3,16-5-2)11-8-6-7-9-12(11)14/h6-9,14H,4-5,10H2,1-3H3. The van der Waals surface area contributed by atoms with Crippen molar-refractivity contribution in [2.75, 3.05) is 20.3 Å². The van der Waals surface area contributed by atoms with Crippen LogP contribution in [0.4, 0.5) is 0 Å². The van der Waals surface area contributed by atoms with Crippen LogP contribution in [-0.2, 0) is 25.2 Å². The molecule has 0 radical (unpaired) electrons. The summed E-state index contributed by atoms with van der Waals surface area (Å²) in [5, 5.41) is 9.86. The van der Waals surface area contributed by atoms with Gasteiger partial charge in [0, 0.05) is 7.11 Å². The van der Waals surface area contributed by atoms with Crippen LogP contribution in [-0.4, -0.2) is 25.4 Å². The molecule has 1 aromatic rings. The summed E-state index contributed by atoms with van der Waals surface area (Å²) in [4.78, 5) is 10.3. The fourth-order valence-electron chi connectivity index (χ4n) is 1.47. The van der Waals surface area contributed by atoms with E-state index < -0.39 is 5.97 Å². The Morgan fingerprint density at radius 2 is 1.94 bits per heavy atom. The predicted molar refractivity (Wildman–Crippen MR) is 65.7 cm³/mol. The molecule has 1 aromatic carbocycles. The Morgan fingerprint density at radius 1 is 1.22 bits per heavy atom. The van der Waals surface area contributed by atoms with Crippen LogP contribution in [0.3, 0.4) is 0 Å². The lowest BCUT2D eigenvalue weighted by Crippen LogP contribution is -2.35. The van der Waals surface area contributed by atoms with Gasteiger partial charge in [-0.05, 0) is 25.5 Å². The van der Waals surface area contributed by atoms with E-state index in [-0.39, 0.29) is 5.75 Å². The summed E-state index contributed by atoms with van der Waals surface area (Å²) >= 11 is 0. The number of phenols is 1. The fraction of sp³-hybridized carbons (Fsp3) is 0.538. The minimum atomic E-state index is -1.55. The molecule has 18 heavy (non-hydrogen) atoms. The summed E-state index contributed by atoms with van der Waals surface area (Å²) < 4.78 is 10.7. The monoisotopic (exact) mass is 256 g/mol. The number of benzene rings is 1. The van der Waals surface area contributed by atoms with Crippen molar-refractivity contribution >= 4 is 0 Å². The molecule has 1 N–H and O–H groups in total. The van der Waals surface area contributed by atoms with Crippen molar-refractivity contribution in [3.8, 4) is 5.75 Å². The number of hydrogen-bond donors (Lipinski definition) is 1. The first-order valence-electron chi connectivity index (χ1n) is 5.98. The van der Waals surface area contributed by atoms with E-state index in [1.54, 1.807) is 25.1 Å². The smallest absolute Gasteiger partial charge is 0.343 e. The molecule has 1 rings (SSSR count). The van der Waals surface area contributed by atoms with Gasteiger partial charge >= 0.3 is 5.97 Å². The average molecular weight is 256 g/mol. The first-order chi connectivity index (χ1) is 8.70.